The Morgan fingerprint density at radius 2 is 0.500 bits per heavy atom. The molecule has 3 aliphatic rings. The predicted molar refractivity (Wildman–Crippen MR) is 181 cm³/mol. The van der Waals surface area contributed by atoms with E-state index in [2.05, 4.69) is 106 Å². The lowest BCUT2D eigenvalue weighted by molar-refractivity contribution is 0.578. The molecule has 3 heterocycles. The summed E-state index contributed by atoms with van der Waals surface area (Å²) < 4.78 is 0. The van der Waals surface area contributed by atoms with E-state index in [1.165, 1.54) is 147 Å². The van der Waals surface area contributed by atoms with Gasteiger partial charge in [-0.15, -0.1) is 0 Å². The van der Waals surface area contributed by atoms with Crippen molar-refractivity contribution in [3.8, 4) is 33.4 Å². The maximum Gasteiger partial charge on any atom is 0.0366 e. The summed E-state index contributed by atoms with van der Waals surface area (Å²) in [4.78, 5) is 7.63. The average molecular weight is 556 g/mol. The smallest absolute Gasteiger partial charge is 0.0366 e. The van der Waals surface area contributed by atoms with Gasteiger partial charge in [0, 0.05) is 56.3 Å². The van der Waals surface area contributed by atoms with Crippen molar-refractivity contribution in [3.05, 3.63) is 91.0 Å². The summed E-state index contributed by atoms with van der Waals surface area (Å²) in [7, 11) is 0. The Hall–Kier alpha value is -3.72. The molecular weight excluding hydrogens is 510 g/mol. The van der Waals surface area contributed by atoms with Crippen molar-refractivity contribution in [1.29, 1.82) is 0 Å². The van der Waals surface area contributed by atoms with Gasteiger partial charge in [0.25, 0.3) is 0 Å². The molecule has 216 valence electrons. The van der Waals surface area contributed by atoms with Crippen molar-refractivity contribution in [2.75, 3.05) is 54.0 Å². The van der Waals surface area contributed by atoms with Crippen LogP contribution in [0.2, 0.25) is 0 Å². The zero-order valence-corrected chi connectivity index (χ0v) is 25.1. The molecule has 3 saturated heterocycles. The van der Waals surface area contributed by atoms with Crippen LogP contribution in [0.5, 0.6) is 0 Å². The Morgan fingerprint density at radius 3 is 0.738 bits per heavy atom. The molecular formula is C39H45N3. The van der Waals surface area contributed by atoms with E-state index in [-0.39, 0.29) is 0 Å². The Kier molecular flexibility index (Phi) is 8.17. The van der Waals surface area contributed by atoms with Crippen LogP contribution in [-0.2, 0) is 0 Å². The molecule has 0 amide bonds. The number of piperidine rings is 3. The van der Waals surface area contributed by atoms with E-state index < -0.39 is 0 Å². The summed E-state index contributed by atoms with van der Waals surface area (Å²) in [6.07, 6.45) is 11.9. The molecule has 3 fully saturated rings. The van der Waals surface area contributed by atoms with E-state index in [1.54, 1.807) is 0 Å². The highest BCUT2D eigenvalue weighted by atomic mass is 15.1. The second-order valence-corrected chi connectivity index (χ2v) is 12.6. The molecule has 0 N–H and O–H groups in total. The third-order valence-corrected chi connectivity index (χ3v) is 9.70. The van der Waals surface area contributed by atoms with Crippen LogP contribution in [0, 0.1) is 0 Å². The third kappa shape index (κ3) is 6.07. The molecule has 0 unspecified atom stereocenters. The fourth-order valence-electron chi connectivity index (χ4n) is 7.18. The molecule has 0 bridgehead atoms. The van der Waals surface area contributed by atoms with Gasteiger partial charge in [0.1, 0.15) is 0 Å². The van der Waals surface area contributed by atoms with Crippen LogP contribution in [0.1, 0.15) is 57.8 Å². The van der Waals surface area contributed by atoms with Crippen LogP contribution < -0.4 is 14.7 Å². The zero-order chi connectivity index (χ0) is 28.1. The number of benzene rings is 4. The van der Waals surface area contributed by atoms with Gasteiger partial charge in [-0.3, -0.25) is 0 Å². The minimum atomic E-state index is 1.18. The van der Waals surface area contributed by atoms with Crippen LogP contribution in [0.25, 0.3) is 33.4 Å². The molecule has 3 aliphatic heterocycles. The fourth-order valence-corrected chi connectivity index (χ4v) is 7.18. The highest BCUT2D eigenvalue weighted by Gasteiger charge is 2.15. The van der Waals surface area contributed by atoms with E-state index in [1.807, 2.05) is 0 Å². The van der Waals surface area contributed by atoms with E-state index >= 15 is 0 Å². The van der Waals surface area contributed by atoms with Crippen molar-refractivity contribution >= 4 is 17.1 Å². The first kappa shape index (κ1) is 27.1. The first-order valence-electron chi connectivity index (χ1n) is 16.5. The van der Waals surface area contributed by atoms with Gasteiger partial charge in [0.05, 0.1) is 0 Å². The Balaban J connectivity index is 1.22. The largest absolute Gasteiger partial charge is 0.372 e. The molecule has 0 radical (unpaired) electrons. The maximum absolute atomic E-state index is 2.54. The summed E-state index contributed by atoms with van der Waals surface area (Å²) in [5, 5.41) is 0. The first-order chi connectivity index (χ1) is 20.8. The maximum atomic E-state index is 2.54. The molecule has 0 saturated carbocycles. The van der Waals surface area contributed by atoms with Crippen LogP contribution in [-0.4, -0.2) is 39.3 Å². The molecule has 42 heavy (non-hydrogen) atoms. The van der Waals surface area contributed by atoms with Gasteiger partial charge in [-0.05, 0) is 146 Å². The number of hydrogen-bond donors (Lipinski definition) is 0. The van der Waals surface area contributed by atoms with Gasteiger partial charge < -0.3 is 14.7 Å². The molecule has 3 heteroatoms. The van der Waals surface area contributed by atoms with Gasteiger partial charge in [0.15, 0.2) is 0 Å². The van der Waals surface area contributed by atoms with E-state index in [0.717, 1.165) is 0 Å². The van der Waals surface area contributed by atoms with Crippen LogP contribution >= 0.6 is 0 Å². The lowest BCUT2D eigenvalue weighted by atomic mass is 9.93. The summed E-state index contributed by atoms with van der Waals surface area (Å²) in [5.74, 6) is 0. The summed E-state index contributed by atoms with van der Waals surface area (Å²) in [5.41, 5.74) is 11.8. The van der Waals surface area contributed by atoms with Crippen molar-refractivity contribution < 1.29 is 0 Å². The lowest BCUT2D eigenvalue weighted by Gasteiger charge is -2.29. The van der Waals surface area contributed by atoms with Crippen molar-refractivity contribution in [2.24, 2.45) is 0 Å². The molecule has 4 aromatic rings. The van der Waals surface area contributed by atoms with Gasteiger partial charge in [0.2, 0.25) is 0 Å². The molecule has 0 aliphatic carbocycles. The molecule has 4 aromatic carbocycles. The second-order valence-electron chi connectivity index (χ2n) is 12.6. The molecule has 3 nitrogen and oxygen atoms in total. The minimum absolute atomic E-state index is 1.18. The monoisotopic (exact) mass is 555 g/mol. The number of rotatable bonds is 6. The predicted octanol–water partition coefficient (Wildman–Crippen LogP) is 9.66. The number of anilines is 3. The van der Waals surface area contributed by atoms with Crippen LogP contribution in [0.15, 0.2) is 91.0 Å². The summed E-state index contributed by atoms with van der Waals surface area (Å²) in [6.45, 7) is 7.08. The number of hydrogen-bond acceptors (Lipinski definition) is 3. The van der Waals surface area contributed by atoms with Gasteiger partial charge in [-0.2, -0.15) is 0 Å². The zero-order valence-electron chi connectivity index (χ0n) is 25.1. The normalized spacial score (nSPS) is 17.9. The van der Waals surface area contributed by atoms with Gasteiger partial charge >= 0.3 is 0 Å². The standard InChI is InChI=1S/C39H45N3/c1-4-22-40(23-5-1)37-16-10-31(11-17-37)34-28-35(32-12-18-38(19-13-32)41-24-6-2-7-25-41)30-36(29-34)33-14-20-39(21-15-33)42-26-8-3-9-27-42/h10-21,28-30H,1-9,22-27H2. The van der Waals surface area contributed by atoms with Crippen LogP contribution in [0.4, 0.5) is 17.1 Å². The highest BCUT2D eigenvalue weighted by molar-refractivity contribution is 5.82. The van der Waals surface area contributed by atoms with E-state index in [0.29, 0.717) is 0 Å². The topological polar surface area (TPSA) is 9.72 Å². The summed E-state index contributed by atoms with van der Waals surface area (Å²) in [6, 6.07) is 35.1. The third-order valence-electron chi connectivity index (χ3n) is 9.70. The van der Waals surface area contributed by atoms with Crippen molar-refractivity contribution in [2.45, 2.75) is 57.8 Å². The minimum Gasteiger partial charge on any atom is -0.372 e. The summed E-state index contributed by atoms with van der Waals surface area (Å²) >= 11 is 0. The first-order valence-corrected chi connectivity index (χ1v) is 16.5. The van der Waals surface area contributed by atoms with E-state index in [9.17, 15) is 0 Å². The second kappa shape index (κ2) is 12.7. The fraction of sp³-hybridized carbons (Fsp3) is 0.385. The quantitative estimate of drug-likeness (QED) is 0.234. The van der Waals surface area contributed by atoms with E-state index in [4.69, 9.17) is 0 Å². The van der Waals surface area contributed by atoms with Crippen molar-refractivity contribution in [3.63, 3.8) is 0 Å². The van der Waals surface area contributed by atoms with Crippen molar-refractivity contribution in [1.82, 2.24) is 0 Å². The Labute approximate surface area is 252 Å². The molecule has 7 rings (SSSR count). The highest BCUT2D eigenvalue weighted by Crippen LogP contribution is 2.35. The van der Waals surface area contributed by atoms with Gasteiger partial charge in [-0.1, -0.05) is 36.4 Å². The average Bonchev–Trinajstić information content (AvgIpc) is 3.09. The lowest BCUT2D eigenvalue weighted by Crippen LogP contribution is -2.29. The molecule has 0 aromatic heterocycles. The molecule has 0 spiro atoms. The molecule has 0 atom stereocenters. The SMILES string of the molecule is c1cc(N2CCCCC2)ccc1-c1cc(-c2ccc(N3CCCCC3)cc2)cc(-c2ccc(N3CCCCC3)cc2)c1. The Morgan fingerprint density at radius 1 is 0.262 bits per heavy atom. The Bertz CT molecular complexity index is 1250. The van der Waals surface area contributed by atoms with Gasteiger partial charge in [-0.25, -0.2) is 0 Å². The number of nitrogens with zero attached hydrogens (tertiary/aromatic N) is 3. The van der Waals surface area contributed by atoms with Crippen LogP contribution in [0.3, 0.4) is 0 Å².